The molecule has 15 heteroatoms. The van der Waals surface area contributed by atoms with Crippen molar-refractivity contribution >= 4 is 35.6 Å². The van der Waals surface area contributed by atoms with Crippen LogP contribution in [0.3, 0.4) is 0 Å². The van der Waals surface area contributed by atoms with Crippen LogP contribution in [-0.2, 0) is 30.4 Å². The summed E-state index contributed by atoms with van der Waals surface area (Å²) in [7, 11) is 0. The zero-order valence-corrected chi connectivity index (χ0v) is 21.7. The van der Waals surface area contributed by atoms with Crippen LogP contribution in [0, 0.1) is 0 Å². The van der Waals surface area contributed by atoms with Crippen LogP contribution in [-0.4, -0.2) is 82.6 Å². The first kappa shape index (κ1) is 32.8. The van der Waals surface area contributed by atoms with Gasteiger partial charge in [0.2, 0.25) is 23.6 Å². The van der Waals surface area contributed by atoms with Gasteiger partial charge >= 0.3 is 5.97 Å². The zero-order chi connectivity index (χ0) is 29.5. The number of nitrogens with one attached hydrogen (secondary N) is 3. The van der Waals surface area contributed by atoms with E-state index in [0.717, 1.165) is 0 Å². The molecule has 0 heterocycles. The van der Waals surface area contributed by atoms with Crippen molar-refractivity contribution < 1.29 is 34.2 Å². The van der Waals surface area contributed by atoms with Crippen LogP contribution in [0.4, 0.5) is 0 Å². The Kier molecular flexibility index (Phi) is 13.9. The maximum atomic E-state index is 13.3. The third-order valence-corrected chi connectivity index (χ3v) is 5.61. The molecule has 1 rings (SSSR count). The molecular weight excluding hydrogens is 512 g/mol. The first-order valence-corrected chi connectivity index (χ1v) is 12.3. The van der Waals surface area contributed by atoms with E-state index in [0.29, 0.717) is 5.56 Å². The van der Waals surface area contributed by atoms with Crippen molar-refractivity contribution in [2.24, 2.45) is 27.9 Å². The van der Waals surface area contributed by atoms with Gasteiger partial charge in [0.15, 0.2) is 5.96 Å². The van der Waals surface area contributed by atoms with Gasteiger partial charge in [-0.25, -0.2) is 4.79 Å². The number of guanidine groups is 1. The SMILES string of the molecule is CC(O)C(N)C(=O)NC(Cc1ccccc1)C(=O)NC(CCCN=C(N)N)C(=O)NC(CCC(N)=O)C(=O)O. The highest BCUT2D eigenvalue weighted by atomic mass is 16.4. The average molecular weight is 551 g/mol. The number of benzene rings is 1. The monoisotopic (exact) mass is 550 g/mol. The highest BCUT2D eigenvalue weighted by molar-refractivity contribution is 5.94. The number of nitrogens with zero attached hydrogens (tertiary/aromatic N) is 1. The molecule has 4 amide bonds. The second-order valence-corrected chi connectivity index (χ2v) is 8.93. The molecule has 0 aliphatic carbocycles. The van der Waals surface area contributed by atoms with E-state index < -0.39 is 59.9 Å². The number of carbonyl (C=O) groups is 5. The van der Waals surface area contributed by atoms with E-state index >= 15 is 0 Å². The number of hydrogen-bond donors (Lipinski definition) is 9. The number of rotatable bonds is 17. The lowest BCUT2D eigenvalue weighted by Gasteiger charge is -2.25. The third kappa shape index (κ3) is 12.7. The zero-order valence-electron chi connectivity index (χ0n) is 21.7. The number of primary amides is 1. The largest absolute Gasteiger partial charge is 0.480 e. The Morgan fingerprint density at radius 1 is 0.872 bits per heavy atom. The lowest BCUT2D eigenvalue weighted by Crippen LogP contribution is -2.58. The fraction of sp³-hybridized carbons (Fsp3) is 0.500. The Morgan fingerprint density at radius 3 is 1.97 bits per heavy atom. The van der Waals surface area contributed by atoms with Crippen molar-refractivity contribution in [2.75, 3.05) is 6.54 Å². The van der Waals surface area contributed by atoms with E-state index in [2.05, 4.69) is 20.9 Å². The van der Waals surface area contributed by atoms with Gasteiger partial charge in [-0.05, 0) is 31.7 Å². The number of amides is 4. The highest BCUT2D eigenvalue weighted by Gasteiger charge is 2.31. The molecule has 1 aromatic rings. The fourth-order valence-electron chi connectivity index (χ4n) is 3.41. The number of nitrogens with two attached hydrogens (primary N) is 4. The maximum absolute atomic E-state index is 13.3. The van der Waals surface area contributed by atoms with Crippen molar-refractivity contribution in [1.29, 1.82) is 0 Å². The van der Waals surface area contributed by atoms with Crippen molar-refractivity contribution in [2.45, 2.75) is 69.3 Å². The molecule has 1 aromatic carbocycles. The predicted molar refractivity (Wildman–Crippen MR) is 142 cm³/mol. The van der Waals surface area contributed by atoms with Crippen LogP contribution in [0.2, 0.25) is 0 Å². The van der Waals surface area contributed by atoms with E-state index in [-0.39, 0.29) is 44.6 Å². The minimum atomic E-state index is -1.44. The van der Waals surface area contributed by atoms with Crippen LogP contribution in [0.15, 0.2) is 35.3 Å². The molecule has 0 fully saturated rings. The molecule has 39 heavy (non-hydrogen) atoms. The molecule has 0 bridgehead atoms. The summed E-state index contributed by atoms with van der Waals surface area (Å²) in [5.74, 6) is -4.68. The molecule has 5 unspecified atom stereocenters. The number of aliphatic carboxylic acids is 1. The molecule has 0 aliphatic heterocycles. The van der Waals surface area contributed by atoms with Gasteiger partial charge in [0.1, 0.15) is 24.2 Å². The minimum absolute atomic E-state index is 0.00963. The Morgan fingerprint density at radius 2 is 1.44 bits per heavy atom. The summed E-state index contributed by atoms with van der Waals surface area (Å²) >= 11 is 0. The van der Waals surface area contributed by atoms with Crippen LogP contribution in [0.1, 0.15) is 38.2 Å². The van der Waals surface area contributed by atoms with Crippen LogP contribution >= 0.6 is 0 Å². The van der Waals surface area contributed by atoms with Crippen LogP contribution in [0.25, 0.3) is 0 Å². The van der Waals surface area contributed by atoms with E-state index in [9.17, 15) is 34.2 Å². The van der Waals surface area contributed by atoms with Crippen molar-refractivity contribution in [1.82, 2.24) is 16.0 Å². The fourth-order valence-corrected chi connectivity index (χ4v) is 3.41. The molecule has 15 nitrogen and oxygen atoms in total. The summed E-state index contributed by atoms with van der Waals surface area (Å²) in [4.78, 5) is 65.4. The summed E-state index contributed by atoms with van der Waals surface area (Å²) < 4.78 is 0. The Balaban J connectivity index is 3.15. The van der Waals surface area contributed by atoms with Crippen LogP contribution in [0.5, 0.6) is 0 Å². The summed E-state index contributed by atoms with van der Waals surface area (Å²) in [6.45, 7) is 1.45. The number of aliphatic hydroxyl groups is 1. The van der Waals surface area contributed by atoms with Gasteiger partial charge in [-0.15, -0.1) is 0 Å². The Bertz CT molecular complexity index is 1010. The van der Waals surface area contributed by atoms with Gasteiger partial charge in [-0.3, -0.25) is 24.2 Å². The number of aliphatic hydroxyl groups excluding tert-OH is 1. The molecule has 13 N–H and O–H groups in total. The molecule has 0 saturated carbocycles. The standard InChI is InChI=1S/C24H38N8O7/c1-13(33)19(26)22(37)32-17(12-14-6-3-2-4-7-14)21(36)30-15(8-5-11-29-24(27)28)20(35)31-16(23(38)39)9-10-18(25)34/h2-4,6-7,13,15-17,19,33H,5,8-12,26H2,1H3,(H2,25,34)(H,30,36)(H,31,35)(H,32,37)(H,38,39)(H4,27,28,29). The second-order valence-electron chi connectivity index (χ2n) is 8.93. The molecule has 0 saturated heterocycles. The van der Waals surface area contributed by atoms with Crippen LogP contribution < -0.4 is 38.9 Å². The first-order chi connectivity index (χ1) is 18.3. The molecule has 0 spiro atoms. The van der Waals surface area contributed by atoms with E-state index in [1.54, 1.807) is 30.3 Å². The smallest absolute Gasteiger partial charge is 0.326 e. The summed E-state index contributed by atoms with van der Waals surface area (Å²) in [6, 6.07) is 3.53. The summed E-state index contributed by atoms with van der Waals surface area (Å²) in [5.41, 5.74) is 22.1. The first-order valence-electron chi connectivity index (χ1n) is 12.3. The van der Waals surface area contributed by atoms with Gasteiger partial charge < -0.3 is 49.1 Å². The molecular formula is C24H38N8O7. The lowest BCUT2D eigenvalue weighted by molar-refractivity contribution is -0.142. The summed E-state index contributed by atoms with van der Waals surface area (Å²) in [5, 5.41) is 26.5. The average Bonchev–Trinajstić information content (AvgIpc) is 2.87. The van der Waals surface area contributed by atoms with Gasteiger partial charge in [0.05, 0.1) is 6.10 Å². The van der Waals surface area contributed by atoms with E-state index in [1.807, 2.05) is 0 Å². The molecule has 0 aromatic heterocycles. The Hall–Kier alpha value is -4.24. The van der Waals surface area contributed by atoms with Crippen molar-refractivity contribution in [3.63, 3.8) is 0 Å². The number of carbonyl (C=O) groups excluding carboxylic acids is 4. The van der Waals surface area contributed by atoms with E-state index in [4.69, 9.17) is 22.9 Å². The highest BCUT2D eigenvalue weighted by Crippen LogP contribution is 2.07. The predicted octanol–water partition coefficient (Wildman–Crippen LogP) is -3.20. The van der Waals surface area contributed by atoms with Crippen molar-refractivity contribution in [3.8, 4) is 0 Å². The third-order valence-electron chi connectivity index (χ3n) is 5.61. The normalized spacial score (nSPS) is 14.5. The lowest BCUT2D eigenvalue weighted by atomic mass is 10.0. The number of carboxylic acid groups (broad SMARTS) is 1. The van der Waals surface area contributed by atoms with E-state index in [1.165, 1.54) is 6.92 Å². The van der Waals surface area contributed by atoms with Crippen molar-refractivity contribution in [3.05, 3.63) is 35.9 Å². The Labute approximate surface area is 225 Å². The van der Waals surface area contributed by atoms with Gasteiger partial charge in [0.25, 0.3) is 0 Å². The molecule has 5 atom stereocenters. The number of carboxylic acids is 1. The minimum Gasteiger partial charge on any atom is -0.480 e. The quantitative estimate of drug-likeness (QED) is 0.0531. The topological polar surface area (TPSA) is 278 Å². The van der Waals surface area contributed by atoms with Gasteiger partial charge in [-0.2, -0.15) is 0 Å². The molecule has 216 valence electrons. The number of aliphatic imine (C=N–C) groups is 1. The van der Waals surface area contributed by atoms with Gasteiger partial charge in [0, 0.05) is 19.4 Å². The van der Waals surface area contributed by atoms with Gasteiger partial charge in [-0.1, -0.05) is 30.3 Å². The second kappa shape index (κ2) is 16.6. The maximum Gasteiger partial charge on any atom is 0.326 e. The number of hydrogen-bond acceptors (Lipinski definition) is 8. The summed E-state index contributed by atoms with van der Waals surface area (Å²) in [6.07, 6.45) is -1.45. The molecule has 0 aliphatic rings. The molecule has 0 radical (unpaired) electrons.